The minimum Gasteiger partial charge on any atom is -0.462 e. The summed E-state index contributed by atoms with van der Waals surface area (Å²) in [7, 11) is 0. The van der Waals surface area contributed by atoms with E-state index >= 15 is 0 Å². The summed E-state index contributed by atoms with van der Waals surface area (Å²) in [6.45, 7) is 15.0. The van der Waals surface area contributed by atoms with Crippen molar-refractivity contribution in [3.05, 3.63) is 23.8 Å². The Morgan fingerprint density at radius 2 is 0.959 bits per heavy atom. The van der Waals surface area contributed by atoms with Gasteiger partial charge in [-0.2, -0.15) is 0 Å². The zero-order valence-electron chi connectivity index (χ0n) is 50.7. The average molecular weight is 1020 g/mol. The van der Waals surface area contributed by atoms with Crippen molar-refractivity contribution in [3.63, 3.8) is 0 Å². The zero-order chi connectivity index (χ0) is 52.1. The van der Waals surface area contributed by atoms with Gasteiger partial charge in [0, 0.05) is 12.8 Å². The molecule has 3 fully saturated rings. The van der Waals surface area contributed by atoms with E-state index in [2.05, 4.69) is 59.8 Å². The van der Waals surface area contributed by atoms with Gasteiger partial charge in [-0.05, 0) is 123 Å². The molecule has 2 heteroatoms. The summed E-state index contributed by atoms with van der Waals surface area (Å²) in [6, 6.07) is 0. The van der Waals surface area contributed by atoms with Crippen LogP contribution in [0.2, 0.25) is 0 Å². The Kier molecular flexibility index (Phi) is 35.5. The van der Waals surface area contributed by atoms with Crippen molar-refractivity contribution in [3.8, 4) is 0 Å². The molecule has 8 unspecified atom stereocenters. The lowest BCUT2D eigenvalue weighted by atomic mass is 9.47. The molecule has 0 saturated heterocycles. The molecule has 3 saturated carbocycles. The highest BCUT2D eigenvalue weighted by Gasteiger charge is 2.59. The first-order chi connectivity index (χ1) is 35.7. The van der Waals surface area contributed by atoms with Gasteiger partial charge in [-0.15, -0.1) is 0 Å². The van der Waals surface area contributed by atoms with E-state index in [4.69, 9.17) is 4.74 Å². The quantitative estimate of drug-likeness (QED) is 0.0345. The zero-order valence-corrected chi connectivity index (χ0v) is 50.7. The highest BCUT2D eigenvalue weighted by molar-refractivity contribution is 5.69. The van der Waals surface area contributed by atoms with Crippen LogP contribution in [0.15, 0.2) is 23.8 Å². The highest BCUT2D eigenvalue weighted by Crippen LogP contribution is 2.67. The topological polar surface area (TPSA) is 26.3 Å². The van der Waals surface area contributed by atoms with Gasteiger partial charge in [-0.1, -0.05) is 303 Å². The molecule has 0 amide bonds. The molecule has 8 atom stereocenters. The number of hydrogen-bond donors (Lipinski definition) is 0. The number of carbonyl (C=O) groups is 1. The summed E-state index contributed by atoms with van der Waals surface area (Å²) >= 11 is 0. The number of rotatable bonds is 47. The van der Waals surface area contributed by atoms with E-state index in [1.807, 2.05) is 0 Å². The van der Waals surface area contributed by atoms with E-state index in [9.17, 15) is 4.79 Å². The van der Waals surface area contributed by atoms with Crippen LogP contribution in [-0.4, -0.2) is 12.1 Å². The van der Waals surface area contributed by atoms with Gasteiger partial charge in [0.1, 0.15) is 6.10 Å². The number of fused-ring (bicyclic) bond motifs is 5. The standard InChI is InChI=1S/C71H130O2/c1-7-8-9-10-11-12-13-14-15-16-17-18-19-20-21-22-23-24-25-26-27-28-29-30-31-32-33-34-35-36-37-38-39-40-41-42-43-44-45-46-47-51-69(72)73-64-56-58-70(5)63(60-64)52-53-65-67-55-54-66(62(4)50-48-49-61(2)3)71(67,6)59-57-68(65)70/h16-17,52,61-62,64-68H,7-15,18-51,53-60H2,1-6H3/b17-16-. The van der Waals surface area contributed by atoms with Crippen molar-refractivity contribution < 1.29 is 9.53 Å². The first-order valence-corrected chi connectivity index (χ1v) is 34.2. The van der Waals surface area contributed by atoms with Crippen molar-refractivity contribution in [1.82, 2.24) is 0 Å². The molecule has 0 aromatic rings. The maximum atomic E-state index is 13.0. The van der Waals surface area contributed by atoms with Crippen LogP contribution in [0.1, 0.15) is 369 Å². The van der Waals surface area contributed by atoms with Gasteiger partial charge in [0.25, 0.3) is 0 Å². The van der Waals surface area contributed by atoms with Crippen LogP contribution >= 0.6 is 0 Å². The second-order valence-corrected chi connectivity index (χ2v) is 27.2. The van der Waals surface area contributed by atoms with Crippen LogP contribution in [0.25, 0.3) is 0 Å². The van der Waals surface area contributed by atoms with E-state index in [-0.39, 0.29) is 12.1 Å². The van der Waals surface area contributed by atoms with Crippen molar-refractivity contribution in [2.24, 2.45) is 46.3 Å². The van der Waals surface area contributed by atoms with E-state index in [0.717, 1.165) is 54.8 Å². The predicted molar refractivity (Wildman–Crippen MR) is 322 cm³/mol. The highest BCUT2D eigenvalue weighted by atomic mass is 16.5. The first-order valence-electron chi connectivity index (χ1n) is 34.2. The minimum atomic E-state index is 0.0710. The molecule has 0 N–H and O–H groups in total. The van der Waals surface area contributed by atoms with Crippen molar-refractivity contribution in [1.29, 1.82) is 0 Å². The summed E-state index contributed by atoms with van der Waals surface area (Å²) in [5.74, 6) is 5.33. The third-order valence-corrected chi connectivity index (χ3v) is 20.7. The Hall–Kier alpha value is -1.05. The lowest BCUT2D eigenvalue weighted by Crippen LogP contribution is -2.51. The summed E-state index contributed by atoms with van der Waals surface area (Å²) in [6.07, 6.45) is 78.1. The van der Waals surface area contributed by atoms with Crippen LogP contribution in [-0.2, 0) is 9.53 Å². The van der Waals surface area contributed by atoms with Crippen LogP contribution in [0.5, 0.6) is 0 Å². The van der Waals surface area contributed by atoms with Gasteiger partial charge in [-0.3, -0.25) is 4.79 Å². The smallest absolute Gasteiger partial charge is 0.306 e. The van der Waals surface area contributed by atoms with Crippen LogP contribution in [0, 0.1) is 46.3 Å². The Morgan fingerprint density at radius 3 is 1.41 bits per heavy atom. The fraction of sp³-hybridized carbons (Fsp3) is 0.930. The van der Waals surface area contributed by atoms with Gasteiger partial charge >= 0.3 is 5.97 Å². The summed E-state index contributed by atoms with van der Waals surface area (Å²) < 4.78 is 6.19. The summed E-state index contributed by atoms with van der Waals surface area (Å²) in [5.41, 5.74) is 2.53. The van der Waals surface area contributed by atoms with E-state index in [1.54, 1.807) is 5.57 Å². The van der Waals surface area contributed by atoms with Crippen molar-refractivity contribution in [2.75, 3.05) is 0 Å². The number of esters is 1. The fourth-order valence-electron chi connectivity index (χ4n) is 15.9. The first kappa shape index (κ1) is 64.5. The largest absolute Gasteiger partial charge is 0.462 e. The maximum absolute atomic E-state index is 13.0. The third kappa shape index (κ3) is 26.0. The SMILES string of the molecule is CCCCCCCCCC/C=C\CCCCCCCCCCCCCCCCCCCCCCCCCCCCCCCC(=O)OC1CCC2(C)C(=CCC3C2CCC2(C)C(C(C)CCCC(C)C)CCC32)C1. The van der Waals surface area contributed by atoms with Gasteiger partial charge < -0.3 is 4.74 Å². The van der Waals surface area contributed by atoms with E-state index in [0.29, 0.717) is 17.3 Å². The van der Waals surface area contributed by atoms with E-state index < -0.39 is 0 Å². The monoisotopic (exact) mass is 1020 g/mol. The van der Waals surface area contributed by atoms with E-state index in [1.165, 1.54) is 302 Å². The third-order valence-electron chi connectivity index (χ3n) is 20.7. The molecule has 0 bridgehead atoms. The van der Waals surface area contributed by atoms with Crippen LogP contribution in [0.3, 0.4) is 0 Å². The minimum absolute atomic E-state index is 0.0710. The molecular formula is C71H130O2. The molecule has 0 aliphatic heterocycles. The summed E-state index contributed by atoms with van der Waals surface area (Å²) in [5, 5.41) is 0. The number of carbonyl (C=O) groups excluding carboxylic acids is 1. The summed E-state index contributed by atoms with van der Waals surface area (Å²) in [4.78, 5) is 13.0. The molecule has 2 nitrogen and oxygen atoms in total. The normalized spacial score (nSPS) is 25.2. The Bertz CT molecular complexity index is 1390. The number of hydrogen-bond acceptors (Lipinski definition) is 2. The lowest BCUT2D eigenvalue weighted by molar-refractivity contribution is -0.151. The molecule has 4 aliphatic rings. The molecule has 4 rings (SSSR count). The number of ether oxygens (including phenoxy) is 1. The van der Waals surface area contributed by atoms with Gasteiger partial charge in [0.05, 0.1) is 0 Å². The van der Waals surface area contributed by atoms with Gasteiger partial charge in [0.2, 0.25) is 0 Å². The lowest BCUT2D eigenvalue weighted by Gasteiger charge is -2.58. The van der Waals surface area contributed by atoms with Gasteiger partial charge in [0.15, 0.2) is 0 Å². The van der Waals surface area contributed by atoms with Crippen LogP contribution in [0.4, 0.5) is 0 Å². The average Bonchev–Trinajstić information content (AvgIpc) is 3.74. The van der Waals surface area contributed by atoms with Gasteiger partial charge in [-0.25, -0.2) is 0 Å². The molecule has 0 aromatic heterocycles. The number of unbranched alkanes of at least 4 members (excludes halogenated alkanes) is 37. The molecule has 4 aliphatic carbocycles. The number of allylic oxidation sites excluding steroid dienone is 3. The Morgan fingerprint density at radius 1 is 0.521 bits per heavy atom. The Balaban J connectivity index is 0.832. The molecule has 0 heterocycles. The Labute approximate surface area is 458 Å². The predicted octanol–water partition coefficient (Wildman–Crippen LogP) is 24.1. The molecule has 0 aromatic carbocycles. The molecule has 0 spiro atoms. The van der Waals surface area contributed by atoms with Crippen molar-refractivity contribution >= 4 is 5.97 Å². The second-order valence-electron chi connectivity index (χ2n) is 27.2. The fourth-order valence-corrected chi connectivity index (χ4v) is 15.9. The van der Waals surface area contributed by atoms with Crippen LogP contribution < -0.4 is 0 Å². The molecule has 73 heavy (non-hydrogen) atoms. The molecule has 0 radical (unpaired) electrons. The maximum Gasteiger partial charge on any atom is 0.306 e. The molecular weight excluding hydrogens is 885 g/mol. The second kappa shape index (κ2) is 40.2. The van der Waals surface area contributed by atoms with Crippen molar-refractivity contribution in [2.45, 2.75) is 375 Å². The molecule has 426 valence electrons.